The largest absolute Gasteiger partial charge is 0.497 e. The number of benzene rings is 4. The molecular weight excluding hydrogens is 470 g/mol. The second-order valence-corrected chi connectivity index (χ2v) is 8.67. The topological polar surface area (TPSA) is 64.1 Å². The molecule has 0 bridgehead atoms. The first-order chi connectivity index (χ1) is 17.7. The van der Waals surface area contributed by atoms with Crippen molar-refractivity contribution in [2.45, 2.75) is 0 Å². The molecular formula is C29H20ClN5O. The summed E-state index contributed by atoms with van der Waals surface area (Å²) in [6.07, 6.45) is 1.78. The zero-order chi connectivity index (χ0) is 24.5. The summed E-state index contributed by atoms with van der Waals surface area (Å²) in [5, 5.41) is 16.9. The smallest absolute Gasteiger partial charge is 0.184 e. The minimum absolute atomic E-state index is 0.600. The lowest BCUT2D eigenvalue weighted by molar-refractivity contribution is 0.415. The monoisotopic (exact) mass is 489 g/mol. The van der Waals surface area contributed by atoms with E-state index < -0.39 is 0 Å². The van der Waals surface area contributed by atoms with Crippen LogP contribution in [-0.2, 0) is 0 Å². The van der Waals surface area contributed by atoms with Crippen LogP contribution in [0.1, 0.15) is 0 Å². The average Bonchev–Trinajstić information content (AvgIpc) is 3.31. The number of aromatic nitrogens is 3. The number of ether oxygens (including phenoxy) is 1. The molecule has 6 nitrogen and oxygen atoms in total. The van der Waals surface area contributed by atoms with Gasteiger partial charge < -0.3 is 4.74 Å². The Morgan fingerprint density at radius 1 is 0.778 bits per heavy atom. The molecule has 0 unspecified atom stereocenters. The molecule has 174 valence electrons. The van der Waals surface area contributed by atoms with Gasteiger partial charge in [0.15, 0.2) is 11.3 Å². The van der Waals surface area contributed by atoms with Crippen molar-refractivity contribution in [2.75, 3.05) is 7.11 Å². The number of hydrogen-bond donors (Lipinski definition) is 0. The molecule has 0 aliphatic rings. The van der Waals surface area contributed by atoms with Crippen LogP contribution in [0.25, 0.3) is 38.9 Å². The molecule has 4 aromatic carbocycles. The Kier molecular flexibility index (Phi) is 5.64. The highest BCUT2D eigenvalue weighted by atomic mass is 35.5. The van der Waals surface area contributed by atoms with Crippen LogP contribution in [0.4, 0.5) is 11.4 Å². The molecule has 0 amide bonds. The summed E-state index contributed by atoms with van der Waals surface area (Å²) in [5.41, 5.74) is 5.48. The highest BCUT2D eigenvalue weighted by Crippen LogP contribution is 2.36. The van der Waals surface area contributed by atoms with E-state index in [1.807, 2.05) is 65.2 Å². The Bertz CT molecular complexity index is 1730. The summed E-state index contributed by atoms with van der Waals surface area (Å²) in [5.74, 6) is 0.830. The fourth-order valence-electron chi connectivity index (χ4n) is 4.16. The zero-order valence-electron chi connectivity index (χ0n) is 19.3. The van der Waals surface area contributed by atoms with Gasteiger partial charge in [-0.1, -0.05) is 60.1 Å². The molecule has 2 heterocycles. The minimum Gasteiger partial charge on any atom is -0.497 e. The molecule has 0 saturated heterocycles. The maximum atomic E-state index is 6.02. The molecule has 0 atom stereocenters. The van der Waals surface area contributed by atoms with E-state index in [9.17, 15) is 0 Å². The lowest BCUT2D eigenvalue weighted by Gasteiger charge is -2.07. The Morgan fingerprint density at radius 3 is 2.36 bits per heavy atom. The van der Waals surface area contributed by atoms with Crippen LogP contribution >= 0.6 is 11.6 Å². The van der Waals surface area contributed by atoms with Crippen molar-refractivity contribution < 1.29 is 4.74 Å². The lowest BCUT2D eigenvalue weighted by atomic mass is 10.0. The fourth-order valence-corrected chi connectivity index (χ4v) is 4.29. The molecule has 6 aromatic rings. The second kappa shape index (κ2) is 9.24. The van der Waals surface area contributed by atoms with Crippen molar-refractivity contribution in [3.05, 3.63) is 108 Å². The van der Waals surface area contributed by atoms with Gasteiger partial charge in [0.25, 0.3) is 0 Å². The van der Waals surface area contributed by atoms with Crippen molar-refractivity contribution in [2.24, 2.45) is 10.2 Å². The van der Waals surface area contributed by atoms with Crippen molar-refractivity contribution in [3.63, 3.8) is 0 Å². The number of azo groups is 1. The molecule has 0 radical (unpaired) electrons. The van der Waals surface area contributed by atoms with Crippen LogP contribution in [-0.4, -0.2) is 21.7 Å². The summed E-state index contributed by atoms with van der Waals surface area (Å²) in [6.45, 7) is 0. The summed E-state index contributed by atoms with van der Waals surface area (Å²) in [6, 6.07) is 31.5. The average molecular weight is 490 g/mol. The summed E-state index contributed by atoms with van der Waals surface area (Å²) in [7, 11) is 1.67. The predicted molar refractivity (Wildman–Crippen MR) is 144 cm³/mol. The molecule has 2 aromatic heterocycles. The Hall–Kier alpha value is -4.55. The second-order valence-electron chi connectivity index (χ2n) is 8.23. The molecule has 0 aliphatic heterocycles. The van der Waals surface area contributed by atoms with Crippen LogP contribution in [0.15, 0.2) is 113 Å². The molecule has 6 rings (SSSR count). The van der Waals surface area contributed by atoms with Crippen LogP contribution in [0, 0.1) is 0 Å². The Labute approximate surface area is 212 Å². The summed E-state index contributed by atoms with van der Waals surface area (Å²) >= 11 is 6.02. The van der Waals surface area contributed by atoms with Crippen molar-refractivity contribution in [1.82, 2.24) is 14.6 Å². The number of nitrogens with zero attached hydrogens (tertiary/aromatic N) is 5. The van der Waals surface area contributed by atoms with Gasteiger partial charge in [-0.15, -0.1) is 5.11 Å². The van der Waals surface area contributed by atoms with E-state index in [1.54, 1.807) is 25.4 Å². The molecule has 0 spiro atoms. The third-order valence-electron chi connectivity index (χ3n) is 5.98. The van der Waals surface area contributed by atoms with Crippen LogP contribution in [0.2, 0.25) is 5.02 Å². The van der Waals surface area contributed by atoms with E-state index in [-0.39, 0.29) is 0 Å². The van der Waals surface area contributed by atoms with Gasteiger partial charge in [-0.25, -0.2) is 9.50 Å². The first-order valence-electron chi connectivity index (χ1n) is 11.4. The third kappa shape index (κ3) is 4.08. The summed E-state index contributed by atoms with van der Waals surface area (Å²) in [4.78, 5) is 4.63. The number of rotatable bonds is 5. The highest BCUT2D eigenvalue weighted by Gasteiger charge is 2.18. The minimum atomic E-state index is 0.600. The van der Waals surface area contributed by atoms with Gasteiger partial charge in [0, 0.05) is 22.3 Å². The summed E-state index contributed by atoms with van der Waals surface area (Å²) < 4.78 is 7.20. The predicted octanol–water partition coefficient (Wildman–Crippen LogP) is 8.29. The molecule has 7 heteroatoms. The van der Waals surface area contributed by atoms with Gasteiger partial charge in [0.05, 0.1) is 18.5 Å². The molecule has 36 heavy (non-hydrogen) atoms. The fraction of sp³-hybridized carbons (Fsp3) is 0.0345. The van der Waals surface area contributed by atoms with Gasteiger partial charge in [0.2, 0.25) is 0 Å². The van der Waals surface area contributed by atoms with Crippen LogP contribution in [0.5, 0.6) is 5.75 Å². The number of hydrogen-bond acceptors (Lipinski definition) is 5. The van der Waals surface area contributed by atoms with E-state index in [0.717, 1.165) is 33.3 Å². The Balaban J connectivity index is 1.53. The maximum Gasteiger partial charge on any atom is 0.184 e. The molecule has 0 fully saturated rings. The van der Waals surface area contributed by atoms with Crippen molar-refractivity contribution >= 4 is 39.4 Å². The lowest BCUT2D eigenvalue weighted by Crippen LogP contribution is -1.95. The van der Waals surface area contributed by atoms with Crippen molar-refractivity contribution in [1.29, 1.82) is 0 Å². The van der Waals surface area contributed by atoms with E-state index in [4.69, 9.17) is 21.4 Å². The van der Waals surface area contributed by atoms with Gasteiger partial charge >= 0.3 is 0 Å². The normalized spacial score (nSPS) is 11.5. The Morgan fingerprint density at radius 2 is 1.56 bits per heavy atom. The molecule has 0 saturated carbocycles. The first kappa shape index (κ1) is 21.9. The van der Waals surface area contributed by atoms with Crippen LogP contribution < -0.4 is 4.74 Å². The molecule has 0 aliphatic carbocycles. The maximum absolute atomic E-state index is 6.02. The van der Waals surface area contributed by atoms with E-state index in [0.29, 0.717) is 27.7 Å². The number of fused-ring (bicyclic) bond motifs is 2. The van der Waals surface area contributed by atoms with Gasteiger partial charge in [-0.2, -0.15) is 10.2 Å². The number of methoxy groups -OCH3 is 1. The van der Waals surface area contributed by atoms with Crippen molar-refractivity contribution in [3.8, 4) is 28.3 Å². The van der Waals surface area contributed by atoms with Gasteiger partial charge in [0.1, 0.15) is 11.4 Å². The first-order valence-corrected chi connectivity index (χ1v) is 11.8. The van der Waals surface area contributed by atoms with E-state index in [2.05, 4.69) is 39.5 Å². The SMILES string of the molecule is COc1ccc2cc(-c3ccnc4c(N=Nc5ccc(Cl)cc5)c(-c5ccccc5)nn34)ccc2c1. The zero-order valence-corrected chi connectivity index (χ0v) is 20.1. The van der Waals surface area contributed by atoms with E-state index in [1.165, 1.54) is 0 Å². The standard InChI is InChI=1S/C29H20ClN5O/c1-36-25-14-9-20-17-22(8-7-21(20)18-25)26-15-16-31-29-28(33-32-24-12-10-23(30)11-13-24)27(34-35(26)29)19-5-3-2-4-6-19/h2-18H,1H3. The highest BCUT2D eigenvalue weighted by molar-refractivity contribution is 6.30. The van der Waals surface area contributed by atoms with Gasteiger partial charge in [-0.3, -0.25) is 0 Å². The van der Waals surface area contributed by atoms with E-state index >= 15 is 0 Å². The van der Waals surface area contributed by atoms with Gasteiger partial charge in [-0.05, 0) is 59.3 Å². The quantitative estimate of drug-likeness (QED) is 0.229. The third-order valence-corrected chi connectivity index (χ3v) is 6.23. The number of halogens is 1. The van der Waals surface area contributed by atoms with Crippen LogP contribution in [0.3, 0.4) is 0 Å². The molecule has 0 N–H and O–H groups in total.